The van der Waals surface area contributed by atoms with E-state index in [-0.39, 0.29) is 12.5 Å². The van der Waals surface area contributed by atoms with Crippen molar-refractivity contribution in [2.75, 3.05) is 11.9 Å². The molecule has 2 rings (SSSR count). The molecule has 1 amide bonds. The number of aryl methyl sites for hydroxylation is 1. The molecule has 0 aromatic heterocycles. The van der Waals surface area contributed by atoms with Gasteiger partial charge in [-0.3, -0.25) is 4.79 Å². The molecule has 0 unspecified atom stereocenters. The quantitative estimate of drug-likeness (QED) is 0.851. The summed E-state index contributed by atoms with van der Waals surface area (Å²) in [5, 5.41) is 2.84. The van der Waals surface area contributed by atoms with Crippen LogP contribution in [0.15, 0.2) is 48.5 Å². The molecular formula is C19H23NO2. The molecule has 2 aromatic rings. The molecule has 0 saturated heterocycles. The van der Waals surface area contributed by atoms with Crippen molar-refractivity contribution in [3.05, 3.63) is 59.7 Å². The number of hydrogen-bond donors (Lipinski definition) is 1. The lowest BCUT2D eigenvalue weighted by Gasteiger charge is -2.15. The highest BCUT2D eigenvalue weighted by atomic mass is 16.5. The van der Waals surface area contributed by atoms with Gasteiger partial charge in [-0.25, -0.2) is 0 Å². The van der Waals surface area contributed by atoms with Gasteiger partial charge in [0.2, 0.25) is 0 Å². The topological polar surface area (TPSA) is 38.3 Å². The smallest absolute Gasteiger partial charge is 0.262 e. The van der Waals surface area contributed by atoms with Crippen LogP contribution in [0.3, 0.4) is 0 Å². The minimum absolute atomic E-state index is 0.0152. The van der Waals surface area contributed by atoms with Crippen molar-refractivity contribution < 1.29 is 9.53 Å². The molecule has 0 heterocycles. The van der Waals surface area contributed by atoms with Gasteiger partial charge in [-0.2, -0.15) is 0 Å². The van der Waals surface area contributed by atoms with Gasteiger partial charge in [0.15, 0.2) is 6.61 Å². The molecular weight excluding hydrogens is 274 g/mol. The van der Waals surface area contributed by atoms with Gasteiger partial charge in [0.25, 0.3) is 5.91 Å². The average molecular weight is 297 g/mol. The number of anilines is 1. The highest BCUT2D eigenvalue weighted by Gasteiger charge is 2.11. The highest BCUT2D eigenvalue weighted by Crippen LogP contribution is 2.28. The number of nitrogens with one attached hydrogen (secondary N) is 1. The fourth-order valence-electron chi connectivity index (χ4n) is 2.22. The monoisotopic (exact) mass is 297 g/mol. The summed E-state index contributed by atoms with van der Waals surface area (Å²) in [6.07, 6.45) is 1.04. The Kier molecular flexibility index (Phi) is 5.59. The maximum atomic E-state index is 12.0. The second-order valence-electron chi connectivity index (χ2n) is 5.55. The lowest BCUT2D eigenvalue weighted by atomic mass is 9.98. The van der Waals surface area contributed by atoms with Crippen LogP contribution in [-0.2, 0) is 4.79 Å². The van der Waals surface area contributed by atoms with Gasteiger partial charge in [-0.05, 0) is 43.0 Å². The Morgan fingerprint density at radius 2 is 1.82 bits per heavy atom. The first-order chi connectivity index (χ1) is 10.6. The van der Waals surface area contributed by atoms with E-state index in [9.17, 15) is 4.79 Å². The second kappa shape index (κ2) is 7.64. The van der Waals surface area contributed by atoms with E-state index in [2.05, 4.69) is 25.2 Å². The zero-order chi connectivity index (χ0) is 15.9. The Morgan fingerprint density at radius 1 is 1.14 bits per heavy atom. The van der Waals surface area contributed by atoms with Crippen LogP contribution in [0.2, 0.25) is 0 Å². The lowest BCUT2D eigenvalue weighted by molar-refractivity contribution is -0.118. The summed E-state index contributed by atoms with van der Waals surface area (Å²) in [5.74, 6) is 1.05. The molecule has 0 bridgehead atoms. The van der Waals surface area contributed by atoms with Crippen molar-refractivity contribution in [1.29, 1.82) is 0 Å². The molecule has 2 aromatic carbocycles. The van der Waals surface area contributed by atoms with Gasteiger partial charge in [-0.1, -0.05) is 49.7 Å². The van der Waals surface area contributed by atoms with Gasteiger partial charge in [-0.15, -0.1) is 0 Å². The second-order valence-corrected chi connectivity index (χ2v) is 5.55. The van der Waals surface area contributed by atoms with Crippen LogP contribution in [0.4, 0.5) is 5.69 Å². The first-order valence-corrected chi connectivity index (χ1v) is 7.68. The van der Waals surface area contributed by atoms with E-state index in [0.717, 1.165) is 29.0 Å². The number of para-hydroxylation sites is 1. The van der Waals surface area contributed by atoms with Crippen molar-refractivity contribution in [2.24, 2.45) is 0 Å². The molecule has 0 fully saturated rings. The van der Waals surface area contributed by atoms with Gasteiger partial charge >= 0.3 is 0 Å². The molecule has 0 aliphatic rings. The average Bonchev–Trinajstić information content (AvgIpc) is 2.54. The normalized spacial score (nSPS) is 11.8. The Bertz CT molecular complexity index is 620. The van der Waals surface area contributed by atoms with E-state index < -0.39 is 0 Å². The third-order valence-corrected chi connectivity index (χ3v) is 3.76. The lowest BCUT2D eigenvalue weighted by Crippen LogP contribution is -2.20. The van der Waals surface area contributed by atoms with Crippen LogP contribution in [0.5, 0.6) is 5.75 Å². The maximum absolute atomic E-state index is 12.0. The summed E-state index contributed by atoms with van der Waals surface area (Å²) < 4.78 is 5.71. The summed E-state index contributed by atoms with van der Waals surface area (Å²) >= 11 is 0. The van der Waals surface area contributed by atoms with E-state index in [4.69, 9.17) is 4.74 Å². The van der Waals surface area contributed by atoms with Crippen LogP contribution >= 0.6 is 0 Å². The molecule has 0 aliphatic heterocycles. The molecule has 0 aliphatic carbocycles. The molecule has 0 spiro atoms. The Hall–Kier alpha value is -2.29. The van der Waals surface area contributed by atoms with Gasteiger partial charge < -0.3 is 10.1 Å². The summed E-state index contributed by atoms with van der Waals surface area (Å²) in [5.41, 5.74) is 3.10. The third kappa shape index (κ3) is 4.35. The van der Waals surface area contributed by atoms with Crippen molar-refractivity contribution in [3.8, 4) is 5.75 Å². The molecule has 1 atom stereocenters. The maximum Gasteiger partial charge on any atom is 0.262 e. The number of carbonyl (C=O) groups excluding carboxylic acids is 1. The fraction of sp³-hybridized carbons (Fsp3) is 0.316. The largest absolute Gasteiger partial charge is 0.483 e. The Morgan fingerprint density at radius 3 is 2.50 bits per heavy atom. The standard InChI is InChI=1S/C19H23NO2/c1-4-15(3)17-7-5-6-8-18(17)22-13-19(21)20-16-11-9-14(2)10-12-16/h5-12,15H,4,13H2,1-3H3,(H,20,21)/t15-/m1/s1. The number of amides is 1. The first-order valence-electron chi connectivity index (χ1n) is 7.68. The molecule has 116 valence electrons. The predicted octanol–water partition coefficient (Wildman–Crippen LogP) is 4.53. The van der Waals surface area contributed by atoms with Crippen LogP contribution in [0, 0.1) is 6.92 Å². The van der Waals surface area contributed by atoms with Crippen molar-refractivity contribution in [1.82, 2.24) is 0 Å². The van der Waals surface area contributed by atoms with Gasteiger partial charge in [0, 0.05) is 5.69 Å². The minimum atomic E-state index is -0.150. The molecule has 0 radical (unpaired) electrons. The van der Waals surface area contributed by atoms with Gasteiger partial charge in [0.05, 0.1) is 0 Å². The molecule has 0 saturated carbocycles. The summed E-state index contributed by atoms with van der Waals surface area (Å²) in [4.78, 5) is 12.0. The first kappa shape index (κ1) is 16.1. The van der Waals surface area contributed by atoms with Crippen LogP contribution in [0.1, 0.15) is 37.3 Å². The van der Waals surface area contributed by atoms with Crippen molar-refractivity contribution >= 4 is 11.6 Å². The van der Waals surface area contributed by atoms with E-state index in [1.54, 1.807) is 0 Å². The van der Waals surface area contributed by atoms with E-state index >= 15 is 0 Å². The Labute approximate surface area is 132 Å². The summed E-state index contributed by atoms with van der Waals surface area (Å²) in [7, 11) is 0. The Balaban J connectivity index is 1.95. The number of benzene rings is 2. The third-order valence-electron chi connectivity index (χ3n) is 3.76. The van der Waals surface area contributed by atoms with E-state index in [1.807, 2.05) is 49.4 Å². The van der Waals surface area contributed by atoms with Crippen molar-refractivity contribution in [3.63, 3.8) is 0 Å². The zero-order valence-corrected chi connectivity index (χ0v) is 13.4. The number of ether oxygens (including phenoxy) is 1. The van der Waals surface area contributed by atoms with Crippen LogP contribution in [0.25, 0.3) is 0 Å². The molecule has 3 nitrogen and oxygen atoms in total. The summed E-state index contributed by atoms with van der Waals surface area (Å²) in [6, 6.07) is 15.6. The van der Waals surface area contributed by atoms with E-state index in [0.29, 0.717) is 5.92 Å². The van der Waals surface area contributed by atoms with Crippen LogP contribution in [-0.4, -0.2) is 12.5 Å². The SMILES string of the molecule is CC[C@@H](C)c1ccccc1OCC(=O)Nc1ccc(C)cc1. The molecule has 22 heavy (non-hydrogen) atoms. The zero-order valence-electron chi connectivity index (χ0n) is 13.4. The number of rotatable bonds is 6. The molecule has 1 N–H and O–H groups in total. The van der Waals surface area contributed by atoms with Crippen LogP contribution < -0.4 is 10.1 Å². The predicted molar refractivity (Wildman–Crippen MR) is 90.5 cm³/mol. The van der Waals surface area contributed by atoms with Crippen molar-refractivity contribution in [2.45, 2.75) is 33.1 Å². The number of hydrogen-bond acceptors (Lipinski definition) is 2. The molecule has 3 heteroatoms. The van der Waals surface area contributed by atoms with E-state index in [1.165, 1.54) is 0 Å². The number of carbonyl (C=O) groups is 1. The highest BCUT2D eigenvalue weighted by molar-refractivity contribution is 5.91. The fourth-order valence-corrected chi connectivity index (χ4v) is 2.22. The van der Waals surface area contributed by atoms with Gasteiger partial charge in [0.1, 0.15) is 5.75 Å². The summed E-state index contributed by atoms with van der Waals surface area (Å²) in [6.45, 7) is 6.34. The minimum Gasteiger partial charge on any atom is -0.483 e.